The highest BCUT2D eigenvalue weighted by atomic mass is 35.5. The van der Waals surface area contributed by atoms with E-state index in [4.69, 9.17) is 27.9 Å². The van der Waals surface area contributed by atoms with Gasteiger partial charge in [0.05, 0.1) is 18.8 Å². The Morgan fingerprint density at radius 3 is 2.91 bits per heavy atom. The van der Waals surface area contributed by atoms with Crippen molar-refractivity contribution in [3.8, 4) is 0 Å². The summed E-state index contributed by atoms with van der Waals surface area (Å²) in [5, 5.41) is 5.77. The smallest absolute Gasteiger partial charge is 0.114 e. The number of hydrogen-bond donors (Lipinski definition) is 3. The van der Waals surface area contributed by atoms with E-state index in [1.54, 1.807) is 11.2 Å². The second kappa shape index (κ2) is 6.99. The van der Waals surface area contributed by atoms with Gasteiger partial charge in [-0.3, -0.25) is 0 Å². The van der Waals surface area contributed by atoms with Gasteiger partial charge in [-0.15, -0.1) is 0 Å². The lowest BCUT2D eigenvalue weighted by molar-refractivity contribution is 0.167. The van der Waals surface area contributed by atoms with Crippen LogP contribution in [0.3, 0.4) is 0 Å². The molecule has 6 heteroatoms. The van der Waals surface area contributed by atoms with Crippen molar-refractivity contribution >= 4 is 11.6 Å². The molecule has 1 unspecified atom stereocenters. The van der Waals surface area contributed by atoms with E-state index in [1.807, 2.05) is 12.1 Å². The van der Waals surface area contributed by atoms with Crippen LogP contribution in [0.1, 0.15) is 31.2 Å². The summed E-state index contributed by atoms with van der Waals surface area (Å²) in [6.07, 6.45) is 6.24. The number of hydrazine groups is 1. The summed E-state index contributed by atoms with van der Waals surface area (Å²) in [7, 11) is 0. The average Bonchev–Trinajstić information content (AvgIpc) is 3.00. The molecule has 2 fully saturated rings. The largest absolute Gasteiger partial charge is 0.384 e. The summed E-state index contributed by atoms with van der Waals surface area (Å²) in [6, 6.07) is 8.35. The van der Waals surface area contributed by atoms with Crippen LogP contribution in [0.25, 0.3) is 0 Å². The van der Waals surface area contributed by atoms with Crippen molar-refractivity contribution in [1.82, 2.24) is 10.3 Å². The van der Waals surface area contributed by atoms with Crippen molar-refractivity contribution in [3.05, 3.63) is 46.9 Å². The molecule has 126 valence electrons. The number of nitrogens with zero attached hydrogens (tertiary/aromatic N) is 1. The third-order valence-electron chi connectivity index (χ3n) is 4.99. The van der Waals surface area contributed by atoms with Crippen molar-refractivity contribution in [1.29, 1.82) is 0 Å². The third kappa shape index (κ3) is 3.74. The molecule has 23 heavy (non-hydrogen) atoms. The monoisotopic (exact) mass is 336 g/mol. The van der Waals surface area contributed by atoms with Crippen LogP contribution in [0.15, 0.2) is 36.3 Å². The average molecular weight is 337 g/mol. The SMILES string of the molecule is N/C(=C\N(N)C1CCOC1)NCC1(c2cccc(Cl)c2)CCC1. The van der Waals surface area contributed by atoms with Gasteiger partial charge in [0.2, 0.25) is 0 Å². The highest BCUT2D eigenvalue weighted by Gasteiger charge is 2.38. The number of ether oxygens (including phenoxy) is 1. The van der Waals surface area contributed by atoms with E-state index < -0.39 is 0 Å². The van der Waals surface area contributed by atoms with Gasteiger partial charge in [-0.25, -0.2) is 5.84 Å². The van der Waals surface area contributed by atoms with Crippen LogP contribution in [0.4, 0.5) is 0 Å². The standard InChI is InChI=1S/C17H25ClN4O/c18-14-4-1-3-13(9-14)17(6-2-7-17)12-21-16(19)10-22(20)15-5-8-23-11-15/h1,3-4,9-10,15,21H,2,5-8,11-12,19-20H2/b16-10+. The molecule has 0 aromatic heterocycles. The molecular weight excluding hydrogens is 312 g/mol. The second-order valence-corrected chi connectivity index (χ2v) is 6.98. The number of hydrogen-bond acceptors (Lipinski definition) is 5. The molecular formula is C17H25ClN4O. The molecule has 1 aromatic rings. The fraction of sp³-hybridized carbons (Fsp3) is 0.529. The van der Waals surface area contributed by atoms with Gasteiger partial charge in [0.25, 0.3) is 0 Å². The lowest BCUT2D eigenvalue weighted by atomic mass is 9.64. The zero-order valence-corrected chi connectivity index (χ0v) is 14.1. The van der Waals surface area contributed by atoms with E-state index in [1.165, 1.54) is 12.0 Å². The molecule has 1 aliphatic heterocycles. The first-order valence-electron chi connectivity index (χ1n) is 8.17. The zero-order valence-electron chi connectivity index (χ0n) is 13.3. The maximum Gasteiger partial charge on any atom is 0.114 e. The van der Waals surface area contributed by atoms with Crippen LogP contribution in [-0.2, 0) is 10.2 Å². The first kappa shape index (κ1) is 16.4. The Morgan fingerprint density at radius 1 is 1.48 bits per heavy atom. The topological polar surface area (TPSA) is 76.5 Å². The van der Waals surface area contributed by atoms with E-state index in [0.29, 0.717) is 12.4 Å². The first-order chi connectivity index (χ1) is 11.1. The van der Waals surface area contributed by atoms with Gasteiger partial charge < -0.3 is 20.8 Å². The highest BCUT2D eigenvalue weighted by Crippen LogP contribution is 2.43. The molecule has 0 bridgehead atoms. The number of halogens is 1. The van der Waals surface area contributed by atoms with E-state index in [2.05, 4.69) is 17.4 Å². The van der Waals surface area contributed by atoms with E-state index in [0.717, 1.165) is 37.4 Å². The van der Waals surface area contributed by atoms with Crippen molar-refractivity contribution in [2.75, 3.05) is 19.8 Å². The molecule has 3 rings (SSSR count). The van der Waals surface area contributed by atoms with Crippen LogP contribution in [0, 0.1) is 0 Å². The highest BCUT2D eigenvalue weighted by molar-refractivity contribution is 6.30. The Balaban J connectivity index is 1.61. The van der Waals surface area contributed by atoms with Crippen molar-refractivity contribution in [2.24, 2.45) is 11.6 Å². The second-order valence-electron chi connectivity index (χ2n) is 6.55. The van der Waals surface area contributed by atoms with Crippen molar-refractivity contribution in [2.45, 2.75) is 37.1 Å². The number of nitrogens with one attached hydrogen (secondary N) is 1. The van der Waals surface area contributed by atoms with Crippen LogP contribution in [0.5, 0.6) is 0 Å². The quantitative estimate of drug-likeness (QED) is 0.547. The summed E-state index contributed by atoms with van der Waals surface area (Å²) in [4.78, 5) is 0. The fourth-order valence-electron chi connectivity index (χ4n) is 3.33. The maximum absolute atomic E-state index is 6.14. The predicted molar refractivity (Wildman–Crippen MR) is 92.5 cm³/mol. The Hall–Kier alpha value is -1.43. The molecule has 0 amide bonds. The molecule has 5 nitrogen and oxygen atoms in total. The summed E-state index contributed by atoms with van der Waals surface area (Å²) < 4.78 is 5.34. The Bertz CT molecular complexity index is 567. The lowest BCUT2D eigenvalue weighted by Crippen LogP contribution is -2.45. The molecule has 5 N–H and O–H groups in total. The minimum atomic E-state index is 0.124. The number of nitrogens with two attached hydrogens (primary N) is 2. The molecule has 1 aliphatic carbocycles. The van der Waals surface area contributed by atoms with Gasteiger partial charge in [-0.2, -0.15) is 0 Å². The Kier molecular flexibility index (Phi) is 4.99. The third-order valence-corrected chi connectivity index (χ3v) is 5.23. The van der Waals surface area contributed by atoms with Gasteiger partial charge in [0.1, 0.15) is 5.82 Å². The van der Waals surface area contributed by atoms with E-state index in [-0.39, 0.29) is 11.5 Å². The molecule has 2 aliphatic rings. The van der Waals surface area contributed by atoms with Gasteiger partial charge in [-0.05, 0) is 37.0 Å². The number of benzene rings is 1. The Morgan fingerprint density at radius 2 is 2.30 bits per heavy atom. The van der Waals surface area contributed by atoms with Gasteiger partial charge >= 0.3 is 0 Å². The lowest BCUT2D eigenvalue weighted by Gasteiger charge is -2.43. The van der Waals surface area contributed by atoms with Gasteiger partial charge in [0, 0.05) is 23.6 Å². The van der Waals surface area contributed by atoms with E-state index >= 15 is 0 Å². The maximum atomic E-state index is 6.14. The predicted octanol–water partition coefficient (Wildman–Crippen LogP) is 2.07. The van der Waals surface area contributed by atoms with Crippen molar-refractivity contribution in [3.63, 3.8) is 0 Å². The van der Waals surface area contributed by atoms with Gasteiger partial charge in [-0.1, -0.05) is 30.2 Å². The summed E-state index contributed by atoms with van der Waals surface area (Å²) in [5.74, 6) is 6.63. The molecule has 0 radical (unpaired) electrons. The van der Waals surface area contributed by atoms with Crippen LogP contribution < -0.4 is 16.9 Å². The molecule has 1 aromatic carbocycles. The normalized spacial score (nSPS) is 23.4. The van der Waals surface area contributed by atoms with E-state index in [9.17, 15) is 0 Å². The van der Waals surface area contributed by atoms with Crippen molar-refractivity contribution < 1.29 is 4.74 Å². The first-order valence-corrected chi connectivity index (χ1v) is 8.55. The summed E-state index contributed by atoms with van der Waals surface area (Å²) in [5.41, 5.74) is 7.50. The molecule has 1 saturated heterocycles. The molecule has 1 atom stereocenters. The Labute approximate surface area is 142 Å². The van der Waals surface area contributed by atoms with Crippen LogP contribution in [-0.4, -0.2) is 30.8 Å². The summed E-state index contributed by atoms with van der Waals surface area (Å²) >= 11 is 6.14. The molecule has 1 heterocycles. The zero-order chi connectivity index (χ0) is 16.3. The molecule has 0 spiro atoms. The van der Waals surface area contributed by atoms with Crippen LogP contribution in [0.2, 0.25) is 5.02 Å². The minimum absolute atomic E-state index is 0.124. The summed E-state index contributed by atoms with van der Waals surface area (Å²) in [6.45, 7) is 2.22. The number of rotatable bonds is 6. The van der Waals surface area contributed by atoms with Crippen LogP contribution >= 0.6 is 11.6 Å². The molecule has 1 saturated carbocycles. The van der Waals surface area contributed by atoms with Gasteiger partial charge in [0.15, 0.2) is 0 Å². The minimum Gasteiger partial charge on any atom is -0.384 e. The fourth-order valence-corrected chi connectivity index (χ4v) is 3.52.